The van der Waals surface area contributed by atoms with Crippen LogP contribution in [0.2, 0.25) is 0 Å². The fourth-order valence-electron chi connectivity index (χ4n) is 2.24. The molecular formula is C15H22BrClN2OS. The molecule has 1 unspecified atom stereocenters. The first-order valence-corrected chi connectivity index (χ1v) is 8.71. The monoisotopic (exact) mass is 392 g/mol. The Morgan fingerprint density at radius 3 is 2.71 bits per heavy atom. The molecule has 1 aliphatic carbocycles. The molecule has 6 heteroatoms. The number of carbonyl (C=O) groups excluding carboxylic acids is 1. The van der Waals surface area contributed by atoms with Gasteiger partial charge in [-0.05, 0) is 53.7 Å². The molecule has 1 aliphatic rings. The van der Waals surface area contributed by atoms with Gasteiger partial charge >= 0.3 is 0 Å². The summed E-state index contributed by atoms with van der Waals surface area (Å²) in [6.45, 7) is 2.57. The van der Waals surface area contributed by atoms with E-state index in [1.165, 1.54) is 17.7 Å². The minimum atomic E-state index is -0.213. The lowest BCUT2D eigenvalue weighted by Gasteiger charge is -2.29. The number of carbonyl (C=O) groups is 1. The van der Waals surface area contributed by atoms with Gasteiger partial charge in [-0.2, -0.15) is 0 Å². The fraction of sp³-hybridized carbons (Fsp3) is 0.533. The van der Waals surface area contributed by atoms with Crippen LogP contribution in [0.25, 0.3) is 0 Å². The Kier molecular flexibility index (Phi) is 7.54. The Labute approximate surface area is 145 Å². The summed E-state index contributed by atoms with van der Waals surface area (Å²) in [7, 11) is 0. The number of thioether (sulfide) groups is 1. The molecule has 0 aromatic heterocycles. The second-order valence-corrected chi connectivity index (χ2v) is 7.46. The van der Waals surface area contributed by atoms with Gasteiger partial charge in [0.25, 0.3) is 0 Å². The van der Waals surface area contributed by atoms with Gasteiger partial charge < -0.3 is 11.1 Å². The average molecular weight is 394 g/mol. The van der Waals surface area contributed by atoms with E-state index in [1.807, 2.05) is 18.2 Å². The Hall–Kier alpha value is -0.230. The van der Waals surface area contributed by atoms with Crippen LogP contribution in [0.15, 0.2) is 33.6 Å². The normalized spacial score (nSPS) is 16.7. The van der Waals surface area contributed by atoms with Gasteiger partial charge in [0.2, 0.25) is 5.91 Å². The predicted octanol–water partition coefficient (Wildman–Crippen LogP) is 3.60. The second kappa shape index (κ2) is 8.42. The molecule has 1 aromatic carbocycles. The summed E-state index contributed by atoms with van der Waals surface area (Å²) in [6.07, 6.45) is 2.88. The average Bonchev–Trinajstić information content (AvgIpc) is 3.25. The van der Waals surface area contributed by atoms with E-state index in [2.05, 4.69) is 34.2 Å². The van der Waals surface area contributed by atoms with E-state index in [4.69, 9.17) is 5.73 Å². The van der Waals surface area contributed by atoms with Crippen LogP contribution in [0.5, 0.6) is 0 Å². The zero-order valence-electron chi connectivity index (χ0n) is 12.1. The third-order valence-electron chi connectivity index (χ3n) is 3.75. The van der Waals surface area contributed by atoms with Crippen molar-refractivity contribution in [3.63, 3.8) is 0 Å². The highest BCUT2D eigenvalue weighted by Crippen LogP contribution is 2.39. The molecular weight excluding hydrogens is 372 g/mol. The number of nitrogens with one attached hydrogen (secondary N) is 1. The van der Waals surface area contributed by atoms with Gasteiger partial charge in [0, 0.05) is 28.1 Å². The van der Waals surface area contributed by atoms with Crippen molar-refractivity contribution in [2.45, 2.75) is 36.6 Å². The largest absolute Gasteiger partial charge is 0.349 e. The summed E-state index contributed by atoms with van der Waals surface area (Å²) in [6, 6.07) is 8.07. The van der Waals surface area contributed by atoms with Crippen LogP contribution < -0.4 is 11.1 Å². The molecule has 0 aliphatic heterocycles. The van der Waals surface area contributed by atoms with Crippen LogP contribution in [0.1, 0.15) is 26.2 Å². The maximum absolute atomic E-state index is 12.0. The molecule has 0 bridgehead atoms. The van der Waals surface area contributed by atoms with Gasteiger partial charge in [-0.3, -0.25) is 4.79 Å². The number of hydrogen-bond donors (Lipinski definition) is 2. The van der Waals surface area contributed by atoms with Gasteiger partial charge in [0.15, 0.2) is 0 Å². The molecule has 118 valence electrons. The third kappa shape index (κ3) is 5.47. The van der Waals surface area contributed by atoms with E-state index in [1.54, 1.807) is 11.8 Å². The van der Waals surface area contributed by atoms with Crippen molar-refractivity contribution in [2.24, 2.45) is 11.7 Å². The predicted molar refractivity (Wildman–Crippen MR) is 95.1 cm³/mol. The van der Waals surface area contributed by atoms with Crippen molar-refractivity contribution >= 4 is 46.0 Å². The molecule has 3 N–H and O–H groups in total. The molecule has 0 heterocycles. The van der Waals surface area contributed by atoms with Crippen molar-refractivity contribution in [2.75, 3.05) is 12.3 Å². The Morgan fingerprint density at radius 1 is 1.48 bits per heavy atom. The maximum atomic E-state index is 12.0. The Balaban J connectivity index is 0.00000220. The van der Waals surface area contributed by atoms with E-state index in [0.29, 0.717) is 18.9 Å². The maximum Gasteiger partial charge on any atom is 0.221 e. The summed E-state index contributed by atoms with van der Waals surface area (Å²) in [4.78, 5) is 13.2. The third-order valence-corrected chi connectivity index (χ3v) is 5.78. The molecule has 0 radical (unpaired) electrons. The highest BCUT2D eigenvalue weighted by molar-refractivity contribution is 9.10. The van der Waals surface area contributed by atoms with Crippen LogP contribution in [0.3, 0.4) is 0 Å². The van der Waals surface area contributed by atoms with Crippen molar-refractivity contribution < 1.29 is 4.79 Å². The summed E-state index contributed by atoms with van der Waals surface area (Å²) in [5.74, 6) is 1.44. The quantitative estimate of drug-likeness (QED) is 0.696. The molecule has 2 rings (SSSR count). The van der Waals surface area contributed by atoms with Gasteiger partial charge in [0.05, 0.1) is 5.54 Å². The molecule has 1 fully saturated rings. The summed E-state index contributed by atoms with van der Waals surface area (Å²) in [5.41, 5.74) is 5.60. The fourth-order valence-corrected chi connectivity index (χ4v) is 3.75. The summed E-state index contributed by atoms with van der Waals surface area (Å²) < 4.78 is 1.08. The van der Waals surface area contributed by atoms with Crippen molar-refractivity contribution in [3.05, 3.63) is 28.7 Å². The Morgan fingerprint density at radius 2 is 2.14 bits per heavy atom. The van der Waals surface area contributed by atoms with Crippen LogP contribution >= 0.6 is 40.1 Å². The first-order chi connectivity index (χ1) is 9.55. The summed E-state index contributed by atoms with van der Waals surface area (Å²) >= 11 is 5.21. The minimum absolute atomic E-state index is 0. The lowest BCUT2D eigenvalue weighted by Crippen LogP contribution is -2.53. The van der Waals surface area contributed by atoms with E-state index in [-0.39, 0.29) is 23.9 Å². The molecule has 0 spiro atoms. The van der Waals surface area contributed by atoms with Crippen LogP contribution in [-0.4, -0.2) is 23.7 Å². The number of amides is 1. The van der Waals surface area contributed by atoms with Crippen molar-refractivity contribution in [1.82, 2.24) is 5.32 Å². The van der Waals surface area contributed by atoms with E-state index in [0.717, 1.165) is 10.2 Å². The van der Waals surface area contributed by atoms with Crippen LogP contribution in [-0.2, 0) is 4.79 Å². The zero-order valence-corrected chi connectivity index (χ0v) is 15.3. The Bertz CT molecular complexity index is 484. The highest BCUT2D eigenvalue weighted by Gasteiger charge is 2.41. The van der Waals surface area contributed by atoms with E-state index in [9.17, 15) is 4.79 Å². The van der Waals surface area contributed by atoms with Gasteiger partial charge in [-0.1, -0.05) is 12.1 Å². The standard InChI is InChI=1S/C15H21BrN2OS.ClH/c1-15(10-17,11-6-7-11)18-14(19)8-9-20-13-5-3-2-4-12(13)16;/h2-5,11H,6-10,17H2,1H3,(H,18,19);1H. The lowest BCUT2D eigenvalue weighted by atomic mass is 9.96. The van der Waals surface area contributed by atoms with Crippen LogP contribution in [0, 0.1) is 5.92 Å². The molecule has 1 saturated carbocycles. The second-order valence-electron chi connectivity index (χ2n) is 5.47. The lowest BCUT2D eigenvalue weighted by molar-refractivity contribution is -0.122. The molecule has 1 amide bonds. The molecule has 0 saturated heterocycles. The van der Waals surface area contributed by atoms with Gasteiger partial charge in [0.1, 0.15) is 0 Å². The van der Waals surface area contributed by atoms with E-state index >= 15 is 0 Å². The van der Waals surface area contributed by atoms with Gasteiger partial charge in [-0.25, -0.2) is 0 Å². The first-order valence-electron chi connectivity index (χ1n) is 6.93. The molecule has 3 nitrogen and oxygen atoms in total. The number of rotatable bonds is 7. The number of nitrogens with two attached hydrogens (primary N) is 1. The zero-order chi connectivity index (χ0) is 14.6. The van der Waals surface area contributed by atoms with E-state index < -0.39 is 0 Å². The number of hydrogen-bond acceptors (Lipinski definition) is 3. The smallest absolute Gasteiger partial charge is 0.221 e. The van der Waals surface area contributed by atoms with Crippen molar-refractivity contribution in [3.8, 4) is 0 Å². The molecule has 21 heavy (non-hydrogen) atoms. The molecule has 1 aromatic rings. The number of benzene rings is 1. The SMILES string of the molecule is CC(CN)(NC(=O)CCSc1ccccc1Br)C1CC1.Cl. The van der Waals surface area contributed by atoms with Crippen molar-refractivity contribution in [1.29, 1.82) is 0 Å². The minimum Gasteiger partial charge on any atom is -0.349 e. The van der Waals surface area contributed by atoms with Gasteiger partial charge in [-0.15, -0.1) is 24.2 Å². The van der Waals surface area contributed by atoms with Crippen LogP contribution in [0.4, 0.5) is 0 Å². The highest BCUT2D eigenvalue weighted by atomic mass is 79.9. The number of halogens is 2. The molecule has 1 atom stereocenters. The summed E-state index contributed by atoms with van der Waals surface area (Å²) in [5, 5.41) is 3.12. The topological polar surface area (TPSA) is 55.1 Å². The first kappa shape index (κ1) is 18.8.